The van der Waals surface area contributed by atoms with Crippen molar-refractivity contribution >= 4 is 0 Å². The molecule has 0 atom stereocenters. The molecule has 0 aromatic heterocycles. The Morgan fingerprint density at radius 2 is 1.58 bits per heavy atom. The van der Waals surface area contributed by atoms with E-state index in [9.17, 15) is 0 Å². The van der Waals surface area contributed by atoms with Crippen molar-refractivity contribution in [2.45, 2.75) is 48.0 Å². The zero-order valence-corrected chi connectivity index (χ0v) is 9.36. The van der Waals surface area contributed by atoms with E-state index in [0.717, 1.165) is 6.42 Å². The van der Waals surface area contributed by atoms with Crippen LogP contribution in [-0.4, -0.2) is 0 Å². The molecule has 0 aromatic rings. The van der Waals surface area contributed by atoms with Gasteiger partial charge in [-0.2, -0.15) is 0 Å². The molecule has 0 nitrogen and oxygen atoms in total. The maximum absolute atomic E-state index is 2.27. The summed E-state index contributed by atoms with van der Waals surface area (Å²) in [6, 6.07) is 0. The van der Waals surface area contributed by atoms with Gasteiger partial charge >= 0.3 is 0 Å². The van der Waals surface area contributed by atoms with E-state index in [0.29, 0.717) is 5.41 Å². The lowest BCUT2D eigenvalue weighted by Gasteiger charge is -2.21. The van der Waals surface area contributed by atoms with Crippen LogP contribution in [0.3, 0.4) is 0 Å². The quantitative estimate of drug-likeness (QED) is 0.535. The summed E-state index contributed by atoms with van der Waals surface area (Å²) in [6.45, 7) is 13.3. The summed E-state index contributed by atoms with van der Waals surface area (Å²) in [6.07, 6.45) is 5.60. The SMILES string of the molecule is CC/C(=C\C=C(C)C)C(C)(C)C. The van der Waals surface area contributed by atoms with Gasteiger partial charge in [0.2, 0.25) is 0 Å². The van der Waals surface area contributed by atoms with E-state index in [1.807, 2.05) is 0 Å². The second kappa shape index (κ2) is 4.49. The number of allylic oxidation sites excluding steroid dienone is 4. The fourth-order valence-corrected chi connectivity index (χ4v) is 1.17. The van der Waals surface area contributed by atoms with E-state index >= 15 is 0 Å². The minimum Gasteiger partial charge on any atom is -0.0764 e. The highest BCUT2D eigenvalue weighted by atomic mass is 14.2. The predicted octanol–water partition coefficient (Wildman–Crippen LogP) is 4.34. The molecule has 0 fully saturated rings. The molecule has 0 N–H and O–H groups in total. The molecule has 0 aromatic carbocycles. The summed E-state index contributed by atoms with van der Waals surface area (Å²) >= 11 is 0. The molecule has 0 aliphatic carbocycles. The minimum atomic E-state index is 0.320. The number of hydrogen-bond acceptors (Lipinski definition) is 0. The Hall–Kier alpha value is -0.520. The van der Waals surface area contributed by atoms with Crippen LogP contribution in [0, 0.1) is 5.41 Å². The van der Waals surface area contributed by atoms with Gasteiger partial charge in [-0.1, -0.05) is 51.0 Å². The lowest BCUT2D eigenvalue weighted by Crippen LogP contribution is -2.08. The van der Waals surface area contributed by atoms with Crippen LogP contribution in [0.25, 0.3) is 0 Å². The number of hydrogen-bond donors (Lipinski definition) is 0. The van der Waals surface area contributed by atoms with Crippen LogP contribution >= 0.6 is 0 Å². The Balaban J connectivity index is 4.57. The highest BCUT2D eigenvalue weighted by molar-refractivity contribution is 5.19. The largest absolute Gasteiger partial charge is 0.0764 e. The van der Waals surface area contributed by atoms with Gasteiger partial charge in [-0.3, -0.25) is 0 Å². The Morgan fingerprint density at radius 3 is 1.83 bits per heavy atom. The van der Waals surface area contributed by atoms with Crippen molar-refractivity contribution in [1.29, 1.82) is 0 Å². The predicted molar refractivity (Wildman–Crippen MR) is 57.3 cm³/mol. The molecule has 0 heteroatoms. The average molecular weight is 166 g/mol. The first-order valence-electron chi connectivity index (χ1n) is 4.72. The van der Waals surface area contributed by atoms with Crippen molar-refractivity contribution in [2.75, 3.05) is 0 Å². The van der Waals surface area contributed by atoms with Gasteiger partial charge in [0.25, 0.3) is 0 Å². The maximum atomic E-state index is 2.27. The van der Waals surface area contributed by atoms with Crippen molar-refractivity contribution in [3.8, 4) is 0 Å². The minimum absolute atomic E-state index is 0.320. The topological polar surface area (TPSA) is 0 Å². The Kier molecular flexibility index (Phi) is 4.30. The molecule has 0 aliphatic heterocycles. The molecule has 0 bridgehead atoms. The standard InChI is InChI=1S/C12H22/c1-7-11(12(4,5)6)9-8-10(2)3/h8-9H,7H2,1-6H3/b11-9+. The first kappa shape index (κ1) is 11.5. The molecule has 70 valence electrons. The van der Waals surface area contributed by atoms with Crippen molar-refractivity contribution in [3.63, 3.8) is 0 Å². The first-order valence-corrected chi connectivity index (χ1v) is 4.72. The summed E-state index contributed by atoms with van der Waals surface area (Å²) in [4.78, 5) is 0. The van der Waals surface area contributed by atoms with Crippen molar-refractivity contribution in [2.24, 2.45) is 5.41 Å². The first-order chi connectivity index (χ1) is 5.38. The molecule has 0 saturated carbocycles. The van der Waals surface area contributed by atoms with Gasteiger partial charge < -0.3 is 0 Å². The second-order valence-corrected chi connectivity index (χ2v) is 4.54. The van der Waals surface area contributed by atoms with Crippen LogP contribution in [0.15, 0.2) is 23.3 Å². The molecule has 0 radical (unpaired) electrons. The molecule has 0 spiro atoms. The third-order valence-electron chi connectivity index (χ3n) is 1.96. The van der Waals surface area contributed by atoms with Crippen LogP contribution in [-0.2, 0) is 0 Å². The van der Waals surface area contributed by atoms with Crippen molar-refractivity contribution < 1.29 is 0 Å². The normalized spacial score (nSPS) is 13.0. The Morgan fingerprint density at radius 1 is 1.08 bits per heavy atom. The highest BCUT2D eigenvalue weighted by Crippen LogP contribution is 2.27. The molecule has 0 aliphatic rings. The van der Waals surface area contributed by atoms with Crippen LogP contribution in [0.1, 0.15) is 48.0 Å². The summed E-state index contributed by atoms with van der Waals surface area (Å²) < 4.78 is 0. The van der Waals surface area contributed by atoms with E-state index in [4.69, 9.17) is 0 Å². The van der Waals surface area contributed by atoms with Crippen molar-refractivity contribution in [1.82, 2.24) is 0 Å². The van der Waals surface area contributed by atoms with E-state index in [1.165, 1.54) is 11.1 Å². The summed E-state index contributed by atoms with van der Waals surface area (Å²) in [5.74, 6) is 0. The third kappa shape index (κ3) is 4.38. The molecule has 0 heterocycles. The van der Waals surface area contributed by atoms with Gasteiger partial charge in [0, 0.05) is 0 Å². The molecule has 0 rings (SSSR count). The van der Waals surface area contributed by atoms with Crippen LogP contribution in [0.5, 0.6) is 0 Å². The third-order valence-corrected chi connectivity index (χ3v) is 1.96. The van der Waals surface area contributed by atoms with Crippen LogP contribution < -0.4 is 0 Å². The van der Waals surface area contributed by atoms with Crippen LogP contribution in [0.2, 0.25) is 0 Å². The monoisotopic (exact) mass is 166 g/mol. The Labute approximate surface area is 77.4 Å². The highest BCUT2D eigenvalue weighted by Gasteiger charge is 2.13. The zero-order chi connectivity index (χ0) is 9.78. The number of rotatable bonds is 2. The summed E-state index contributed by atoms with van der Waals surface area (Å²) in [5.41, 5.74) is 3.20. The molecule has 12 heavy (non-hydrogen) atoms. The molecular formula is C12H22. The van der Waals surface area contributed by atoms with Gasteiger partial charge in [-0.15, -0.1) is 0 Å². The average Bonchev–Trinajstić information content (AvgIpc) is 1.85. The van der Waals surface area contributed by atoms with Gasteiger partial charge in [0.15, 0.2) is 0 Å². The van der Waals surface area contributed by atoms with Crippen LogP contribution in [0.4, 0.5) is 0 Å². The van der Waals surface area contributed by atoms with E-state index in [2.05, 4.69) is 53.7 Å². The fourth-order valence-electron chi connectivity index (χ4n) is 1.17. The Bertz CT molecular complexity index is 183. The van der Waals surface area contributed by atoms with Crippen molar-refractivity contribution in [3.05, 3.63) is 23.3 Å². The van der Waals surface area contributed by atoms with Gasteiger partial charge in [0.1, 0.15) is 0 Å². The van der Waals surface area contributed by atoms with E-state index < -0.39 is 0 Å². The lowest BCUT2D eigenvalue weighted by molar-refractivity contribution is 0.488. The van der Waals surface area contributed by atoms with E-state index in [-0.39, 0.29) is 0 Å². The smallest absolute Gasteiger partial charge is 0.0170 e. The summed E-state index contributed by atoms with van der Waals surface area (Å²) in [5, 5.41) is 0. The lowest BCUT2D eigenvalue weighted by atomic mass is 9.84. The molecular weight excluding hydrogens is 144 g/mol. The van der Waals surface area contributed by atoms with Gasteiger partial charge in [-0.25, -0.2) is 0 Å². The maximum Gasteiger partial charge on any atom is -0.0170 e. The molecule has 0 saturated heterocycles. The second-order valence-electron chi connectivity index (χ2n) is 4.54. The zero-order valence-electron chi connectivity index (χ0n) is 9.36. The van der Waals surface area contributed by atoms with Gasteiger partial charge in [0.05, 0.1) is 0 Å². The molecule has 0 unspecified atom stereocenters. The van der Waals surface area contributed by atoms with E-state index in [1.54, 1.807) is 0 Å². The molecule has 0 amide bonds. The fraction of sp³-hybridized carbons (Fsp3) is 0.667. The summed E-state index contributed by atoms with van der Waals surface area (Å²) in [7, 11) is 0. The van der Waals surface area contributed by atoms with Gasteiger partial charge in [-0.05, 0) is 25.7 Å².